The number of nitrogens with two attached hydrogens (primary N) is 1. The summed E-state index contributed by atoms with van der Waals surface area (Å²) in [6.07, 6.45) is 6.44. The van der Waals surface area contributed by atoms with Gasteiger partial charge in [0.2, 0.25) is 0 Å². The molecule has 1 atom stereocenters. The topological polar surface area (TPSA) is 26.0 Å². The smallest absolute Gasteiger partial charge is 0.0806 e. The van der Waals surface area contributed by atoms with Crippen LogP contribution in [0, 0.1) is 5.92 Å². The molecule has 0 radical (unpaired) electrons. The third kappa shape index (κ3) is 3.20. The van der Waals surface area contributed by atoms with Crippen LogP contribution in [0.5, 0.6) is 0 Å². The number of thiocarbonyl (C=S) groups is 1. The third-order valence-electron chi connectivity index (χ3n) is 3.66. The van der Waals surface area contributed by atoms with E-state index in [0.717, 1.165) is 5.02 Å². The van der Waals surface area contributed by atoms with Gasteiger partial charge < -0.3 is 5.73 Å². The second-order valence-corrected chi connectivity index (χ2v) is 5.74. The minimum atomic E-state index is 0.225. The van der Waals surface area contributed by atoms with Gasteiger partial charge >= 0.3 is 0 Å². The summed E-state index contributed by atoms with van der Waals surface area (Å²) in [6.45, 7) is 0. The first kappa shape index (κ1) is 12.8. The predicted octanol–water partition coefficient (Wildman–Crippen LogP) is 4.29. The fourth-order valence-corrected chi connectivity index (χ4v) is 3.26. The third-order valence-corrected chi connectivity index (χ3v) is 4.16. The van der Waals surface area contributed by atoms with Crippen LogP contribution in [0.4, 0.5) is 0 Å². The van der Waals surface area contributed by atoms with Gasteiger partial charge in [-0.15, -0.1) is 0 Å². The quantitative estimate of drug-likeness (QED) is 0.827. The molecule has 0 aromatic heterocycles. The Balaban J connectivity index is 2.21. The van der Waals surface area contributed by atoms with E-state index in [0.29, 0.717) is 10.9 Å². The summed E-state index contributed by atoms with van der Waals surface area (Å²) in [6, 6.07) is 7.96. The molecule has 0 aliphatic heterocycles. The zero-order valence-electron chi connectivity index (χ0n) is 9.86. The molecule has 1 aromatic carbocycles. The molecule has 0 bridgehead atoms. The van der Waals surface area contributed by atoms with E-state index in [9.17, 15) is 0 Å². The molecule has 1 aliphatic rings. The van der Waals surface area contributed by atoms with E-state index in [4.69, 9.17) is 29.6 Å². The van der Waals surface area contributed by atoms with Crippen LogP contribution < -0.4 is 5.73 Å². The lowest BCUT2D eigenvalue weighted by molar-refractivity contribution is 0.342. The van der Waals surface area contributed by atoms with Gasteiger partial charge in [-0.3, -0.25) is 0 Å². The zero-order valence-corrected chi connectivity index (χ0v) is 11.4. The summed E-state index contributed by atoms with van der Waals surface area (Å²) < 4.78 is 0. The lowest BCUT2D eigenvalue weighted by Gasteiger charge is -2.30. The fourth-order valence-electron chi connectivity index (χ4n) is 2.81. The van der Waals surface area contributed by atoms with Crippen LogP contribution in [0.1, 0.15) is 43.6 Å². The summed E-state index contributed by atoms with van der Waals surface area (Å²) in [7, 11) is 0. The van der Waals surface area contributed by atoms with Crippen LogP contribution in [0.25, 0.3) is 0 Å². The lowest BCUT2D eigenvalue weighted by atomic mass is 9.77. The van der Waals surface area contributed by atoms with Gasteiger partial charge in [0.05, 0.1) is 4.99 Å². The Hall–Kier alpha value is -0.600. The number of rotatable bonds is 3. The fraction of sp³-hybridized carbons (Fsp3) is 0.500. The Morgan fingerprint density at radius 2 is 1.76 bits per heavy atom. The number of halogens is 1. The van der Waals surface area contributed by atoms with Crippen LogP contribution in [-0.2, 0) is 0 Å². The van der Waals surface area contributed by atoms with Crippen LogP contribution >= 0.6 is 23.8 Å². The molecule has 1 aromatic rings. The summed E-state index contributed by atoms with van der Waals surface area (Å²) in [5.41, 5.74) is 7.15. The molecule has 1 aliphatic carbocycles. The molecule has 1 saturated carbocycles. The van der Waals surface area contributed by atoms with E-state index >= 15 is 0 Å². The van der Waals surface area contributed by atoms with Gasteiger partial charge in [-0.25, -0.2) is 0 Å². The molecule has 2 N–H and O–H groups in total. The van der Waals surface area contributed by atoms with Crippen molar-refractivity contribution in [2.45, 2.75) is 38.0 Å². The molecule has 0 spiro atoms. The summed E-state index contributed by atoms with van der Waals surface area (Å²) in [5, 5.41) is 0.763. The molecule has 3 heteroatoms. The van der Waals surface area contributed by atoms with Crippen molar-refractivity contribution in [2.75, 3.05) is 0 Å². The molecule has 17 heavy (non-hydrogen) atoms. The number of hydrogen-bond donors (Lipinski definition) is 1. The minimum absolute atomic E-state index is 0.225. The Morgan fingerprint density at radius 3 is 2.29 bits per heavy atom. The largest absolute Gasteiger partial charge is 0.393 e. The molecule has 0 amide bonds. The van der Waals surface area contributed by atoms with Gasteiger partial charge in [0.25, 0.3) is 0 Å². The minimum Gasteiger partial charge on any atom is -0.393 e. The highest BCUT2D eigenvalue weighted by Gasteiger charge is 2.26. The van der Waals surface area contributed by atoms with E-state index in [1.165, 1.54) is 37.7 Å². The standard InChI is InChI=1S/C14H18ClNS/c15-12-8-6-11(7-9-12)13(14(16)17)10-4-2-1-3-5-10/h6-10,13H,1-5H2,(H2,16,17). The van der Waals surface area contributed by atoms with Crippen molar-refractivity contribution < 1.29 is 0 Å². The Labute approximate surface area is 113 Å². The van der Waals surface area contributed by atoms with E-state index in [1.807, 2.05) is 12.1 Å². The van der Waals surface area contributed by atoms with Crippen molar-refractivity contribution in [1.29, 1.82) is 0 Å². The number of benzene rings is 1. The van der Waals surface area contributed by atoms with Crippen molar-refractivity contribution in [3.8, 4) is 0 Å². The molecule has 1 fully saturated rings. The van der Waals surface area contributed by atoms with Gasteiger partial charge in [0.1, 0.15) is 0 Å². The average Bonchev–Trinajstić information content (AvgIpc) is 2.33. The molecule has 0 heterocycles. The molecule has 92 valence electrons. The molecule has 1 unspecified atom stereocenters. The Bertz CT molecular complexity index is 382. The highest BCUT2D eigenvalue weighted by Crippen LogP contribution is 2.36. The highest BCUT2D eigenvalue weighted by atomic mass is 35.5. The van der Waals surface area contributed by atoms with Gasteiger partial charge in [-0.05, 0) is 36.5 Å². The molecule has 2 rings (SSSR count). The monoisotopic (exact) mass is 267 g/mol. The van der Waals surface area contributed by atoms with Crippen LogP contribution in [-0.4, -0.2) is 4.99 Å². The predicted molar refractivity (Wildman–Crippen MR) is 77.6 cm³/mol. The maximum Gasteiger partial charge on any atom is 0.0806 e. The summed E-state index contributed by atoms with van der Waals surface area (Å²) >= 11 is 11.2. The molecular weight excluding hydrogens is 250 g/mol. The lowest BCUT2D eigenvalue weighted by Crippen LogP contribution is -2.28. The second kappa shape index (κ2) is 5.83. The van der Waals surface area contributed by atoms with Gasteiger partial charge in [0, 0.05) is 10.9 Å². The van der Waals surface area contributed by atoms with Crippen LogP contribution in [0.15, 0.2) is 24.3 Å². The van der Waals surface area contributed by atoms with Gasteiger partial charge in [0.15, 0.2) is 0 Å². The number of hydrogen-bond acceptors (Lipinski definition) is 1. The average molecular weight is 268 g/mol. The van der Waals surface area contributed by atoms with E-state index in [2.05, 4.69) is 12.1 Å². The van der Waals surface area contributed by atoms with Gasteiger partial charge in [-0.1, -0.05) is 55.2 Å². The molecule has 0 saturated heterocycles. The normalized spacial score (nSPS) is 18.9. The Kier molecular flexibility index (Phi) is 4.41. The first-order valence-electron chi connectivity index (χ1n) is 6.23. The van der Waals surface area contributed by atoms with Crippen LogP contribution in [0.2, 0.25) is 5.02 Å². The summed E-state index contributed by atoms with van der Waals surface area (Å²) in [5.74, 6) is 0.838. The van der Waals surface area contributed by atoms with Crippen molar-refractivity contribution >= 4 is 28.8 Å². The van der Waals surface area contributed by atoms with Gasteiger partial charge in [-0.2, -0.15) is 0 Å². The van der Waals surface area contributed by atoms with E-state index in [1.54, 1.807) is 0 Å². The van der Waals surface area contributed by atoms with Crippen molar-refractivity contribution in [1.82, 2.24) is 0 Å². The van der Waals surface area contributed by atoms with E-state index in [-0.39, 0.29) is 5.92 Å². The summed E-state index contributed by atoms with van der Waals surface area (Å²) in [4.78, 5) is 0.624. The first-order valence-corrected chi connectivity index (χ1v) is 7.02. The molecule has 1 nitrogen and oxygen atoms in total. The Morgan fingerprint density at radius 1 is 1.18 bits per heavy atom. The SMILES string of the molecule is NC(=S)C(c1ccc(Cl)cc1)C1CCCCC1. The second-order valence-electron chi connectivity index (χ2n) is 4.83. The van der Waals surface area contributed by atoms with Crippen molar-refractivity contribution in [3.05, 3.63) is 34.9 Å². The zero-order chi connectivity index (χ0) is 12.3. The molecular formula is C14H18ClNS. The first-order chi connectivity index (χ1) is 8.18. The highest BCUT2D eigenvalue weighted by molar-refractivity contribution is 7.80. The van der Waals surface area contributed by atoms with Crippen molar-refractivity contribution in [2.24, 2.45) is 11.7 Å². The van der Waals surface area contributed by atoms with Crippen LogP contribution in [0.3, 0.4) is 0 Å². The van der Waals surface area contributed by atoms with Crippen molar-refractivity contribution in [3.63, 3.8) is 0 Å². The maximum absolute atomic E-state index is 5.94. The maximum atomic E-state index is 5.94. The van der Waals surface area contributed by atoms with E-state index < -0.39 is 0 Å².